The summed E-state index contributed by atoms with van der Waals surface area (Å²) >= 11 is 6.36. The van der Waals surface area contributed by atoms with Crippen LogP contribution >= 0.6 is 11.6 Å². The molecule has 0 spiro atoms. The Labute approximate surface area is 264 Å². The standard InChI is InChI=1S/C32H54ClF3N2O.CH4.3H2O/c1-22(2)30(20-38-16-15-29(31(3,4)21-38)24-11-13-27(33)14-12-24)37-19-23-7-5-8-25(17-23)26-9-6-10-28(18-26)39-32(34,35)36;;;;/h11,22-23,25-30,37H,5-10,12-21H2,1-4H3;1H4;3*1H2/t23?,25?,26?,27?,28?,29-,30+;;;;/m1..../s1. The first-order chi connectivity index (χ1) is 18.4. The number of nitrogens with one attached hydrogen (secondary N) is 1. The first-order valence-electron chi connectivity index (χ1n) is 15.9. The fourth-order valence-corrected chi connectivity index (χ4v) is 8.61. The minimum Gasteiger partial charge on any atom is -0.412 e. The molecule has 3 aliphatic carbocycles. The zero-order valence-electron chi connectivity index (χ0n) is 26.4. The van der Waals surface area contributed by atoms with E-state index in [0.717, 1.165) is 64.7 Å². The molecule has 0 radical (unpaired) electrons. The van der Waals surface area contributed by atoms with Crippen LogP contribution in [0.3, 0.4) is 0 Å². The van der Waals surface area contributed by atoms with E-state index in [1.807, 2.05) is 0 Å². The van der Waals surface area contributed by atoms with Crippen molar-refractivity contribution in [1.29, 1.82) is 0 Å². The van der Waals surface area contributed by atoms with E-state index >= 15 is 0 Å². The Hall–Kier alpha value is -0.420. The van der Waals surface area contributed by atoms with Gasteiger partial charge >= 0.3 is 6.36 Å². The summed E-state index contributed by atoms with van der Waals surface area (Å²) < 4.78 is 42.8. The van der Waals surface area contributed by atoms with Gasteiger partial charge in [0.1, 0.15) is 0 Å². The first-order valence-corrected chi connectivity index (χ1v) is 16.4. The van der Waals surface area contributed by atoms with Gasteiger partial charge in [0, 0.05) is 24.5 Å². The average molecular weight is 645 g/mol. The van der Waals surface area contributed by atoms with Gasteiger partial charge in [-0.15, -0.1) is 24.8 Å². The van der Waals surface area contributed by atoms with E-state index in [9.17, 15) is 13.2 Å². The molecule has 0 aromatic heterocycles. The monoisotopic (exact) mass is 644 g/mol. The SMILES string of the molecule is C.CC(C)[C@H](CN1CC[C@H](C2=CCC(Cl)CC2)C(C)(C)C1)NCC1CCCC(C2CCCC(OC(F)(F)F)C2)C1.O.O.O. The molecule has 4 rings (SSSR count). The summed E-state index contributed by atoms with van der Waals surface area (Å²) in [7, 11) is 0. The van der Waals surface area contributed by atoms with Crippen LogP contribution in [0.5, 0.6) is 0 Å². The molecule has 0 amide bonds. The van der Waals surface area contributed by atoms with Crippen LogP contribution in [0.15, 0.2) is 11.6 Å². The molecule has 1 heterocycles. The number of nitrogens with zero attached hydrogens (tertiary/aromatic N) is 1. The summed E-state index contributed by atoms with van der Waals surface area (Å²) in [6.45, 7) is 14.0. The second-order valence-electron chi connectivity index (χ2n) is 14.4. The lowest BCUT2D eigenvalue weighted by Crippen LogP contribution is -2.52. The van der Waals surface area contributed by atoms with Crippen LogP contribution < -0.4 is 5.32 Å². The molecule has 5 unspecified atom stereocenters. The van der Waals surface area contributed by atoms with E-state index in [0.29, 0.717) is 53.9 Å². The summed E-state index contributed by atoms with van der Waals surface area (Å²) in [5.41, 5.74) is 1.92. The predicted molar refractivity (Wildman–Crippen MR) is 172 cm³/mol. The third kappa shape index (κ3) is 12.7. The third-order valence-corrected chi connectivity index (χ3v) is 10.9. The van der Waals surface area contributed by atoms with Crippen molar-refractivity contribution in [2.24, 2.45) is 35.0 Å². The van der Waals surface area contributed by atoms with Gasteiger partial charge in [0.15, 0.2) is 0 Å². The van der Waals surface area contributed by atoms with Crippen molar-refractivity contribution in [2.45, 2.75) is 136 Å². The quantitative estimate of drug-likeness (QED) is 0.221. The highest BCUT2D eigenvalue weighted by Crippen LogP contribution is 2.44. The molecule has 7 atom stereocenters. The van der Waals surface area contributed by atoms with Crippen molar-refractivity contribution in [3.8, 4) is 0 Å². The molecule has 43 heavy (non-hydrogen) atoms. The van der Waals surface area contributed by atoms with E-state index in [-0.39, 0.29) is 29.3 Å². The second-order valence-corrected chi connectivity index (χ2v) is 15.0. The van der Waals surface area contributed by atoms with Crippen LogP contribution in [0.25, 0.3) is 0 Å². The van der Waals surface area contributed by atoms with Crippen LogP contribution in [-0.4, -0.2) is 71.4 Å². The molecule has 4 aliphatic rings. The minimum atomic E-state index is -4.51. The highest BCUT2D eigenvalue weighted by molar-refractivity contribution is 6.20. The van der Waals surface area contributed by atoms with Gasteiger partial charge in [0.05, 0.1) is 6.10 Å². The number of piperidine rings is 1. The maximum atomic E-state index is 12.8. The predicted octanol–water partition coefficient (Wildman–Crippen LogP) is 6.73. The summed E-state index contributed by atoms with van der Waals surface area (Å²) in [5, 5.41) is 4.28. The number of alkyl halides is 4. The normalized spacial score (nSPS) is 32.3. The Bertz CT molecular complexity index is 814. The number of halogens is 4. The molecule has 1 saturated heterocycles. The zero-order valence-corrected chi connectivity index (χ0v) is 27.1. The van der Waals surface area contributed by atoms with Crippen LogP contribution in [0, 0.1) is 35.0 Å². The van der Waals surface area contributed by atoms with Crippen LogP contribution in [0.4, 0.5) is 13.2 Å². The van der Waals surface area contributed by atoms with Gasteiger partial charge in [-0.2, -0.15) is 0 Å². The smallest absolute Gasteiger partial charge is 0.412 e. The lowest BCUT2D eigenvalue weighted by molar-refractivity contribution is -0.346. The van der Waals surface area contributed by atoms with Gasteiger partial charge in [-0.05, 0) is 106 Å². The lowest BCUT2D eigenvalue weighted by atomic mass is 9.68. The van der Waals surface area contributed by atoms with Gasteiger partial charge in [-0.3, -0.25) is 4.74 Å². The zero-order chi connectivity index (χ0) is 28.2. The highest BCUT2D eigenvalue weighted by atomic mass is 35.5. The van der Waals surface area contributed by atoms with Crippen LogP contribution in [0.2, 0.25) is 0 Å². The van der Waals surface area contributed by atoms with E-state index in [2.05, 4.69) is 48.7 Å². The number of hydrogen-bond acceptors (Lipinski definition) is 3. The maximum Gasteiger partial charge on any atom is 0.522 e. The molecular weight excluding hydrogens is 581 g/mol. The molecule has 1 aliphatic heterocycles. The number of allylic oxidation sites excluding steroid dienone is 2. The number of likely N-dealkylation sites (tertiary alicyclic amines) is 1. The van der Waals surface area contributed by atoms with Gasteiger partial charge in [0.2, 0.25) is 0 Å². The number of rotatable bonds is 9. The topological polar surface area (TPSA) is 119 Å². The molecule has 0 aromatic carbocycles. The van der Waals surface area contributed by atoms with E-state index in [4.69, 9.17) is 11.6 Å². The van der Waals surface area contributed by atoms with Crippen LogP contribution in [-0.2, 0) is 4.74 Å². The van der Waals surface area contributed by atoms with E-state index in [1.165, 1.54) is 25.7 Å². The van der Waals surface area contributed by atoms with Crippen molar-refractivity contribution < 1.29 is 34.3 Å². The molecule has 0 bridgehead atoms. The summed E-state index contributed by atoms with van der Waals surface area (Å²) in [4.78, 5) is 2.69. The summed E-state index contributed by atoms with van der Waals surface area (Å²) in [6, 6.07) is 0.461. The van der Waals surface area contributed by atoms with Crippen molar-refractivity contribution in [3.05, 3.63) is 11.6 Å². The average Bonchev–Trinajstić information content (AvgIpc) is 2.86. The number of ether oxygens (including phenoxy) is 1. The van der Waals surface area contributed by atoms with E-state index in [1.54, 1.807) is 5.57 Å². The fourth-order valence-electron chi connectivity index (χ4n) is 8.41. The second kappa shape index (κ2) is 18.7. The molecule has 3 fully saturated rings. The Kier molecular flexibility index (Phi) is 18.5. The van der Waals surface area contributed by atoms with E-state index < -0.39 is 12.5 Å². The van der Waals surface area contributed by atoms with Crippen molar-refractivity contribution in [1.82, 2.24) is 10.2 Å². The van der Waals surface area contributed by atoms with Crippen molar-refractivity contribution in [3.63, 3.8) is 0 Å². The Morgan fingerprint density at radius 1 is 1.00 bits per heavy atom. The van der Waals surface area contributed by atoms with Gasteiger partial charge in [-0.1, -0.05) is 66.0 Å². The van der Waals surface area contributed by atoms with Crippen LogP contribution in [0.1, 0.15) is 112 Å². The Balaban J connectivity index is 0.00000441. The molecule has 258 valence electrons. The Morgan fingerprint density at radius 3 is 2.23 bits per heavy atom. The van der Waals surface area contributed by atoms with Crippen molar-refractivity contribution >= 4 is 11.6 Å². The number of hydrogen-bond donors (Lipinski definition) is 1. The summed E-state index contributed by atoms with van der Waals surface area (Å²) in [6.07, 6.45) is 9.63. The molecule has 2 saturated carbocycles. The fraction of sp³-hybridized carbons (Fsp3) is 0.939. The van der Waals surface area contributed by atoms with Gasteiger partial charge < -0.3 is 26.6 Å². The highest BCUT2D eigenvalue weighted by Gasteiger charge is 2.40. The first kappa shape index (κ1) is 42.6. The largest absolute Gasteiger partial charge is 0.522 e. The summed E-state index contributed by atoms with van der Waals surface area (Å²) in [5.74, 6) is 2.78. The van der Waals surface area contributed by atoms with Gasteiger partial charge in [-0.25, -0.2) is 0 Å². The molecule has 0 aromatic rings. The molecule has 6 nitrogen and oxygen atoms in total. The minimum absolute atomic E-state index is 0. The Morgan fingerprint density at radius 2 is 1.65 bits per heavy atom. The third-order valence-electron chi connectivity index (χ3n) is 10.5. The molecular formula is C33H64ClF3N2O4. The maximum absolute atomic E-state index is 12.8. The molecule has 7 N–H and O–H groups in total. The molecule has 10 heteroatoms. The lowest BCUT2D eigenvalue weighted by Gasteiger charge is -2.47. The van der Waals surface area contributed by atoms with Crippen molar-refractivity contribution in [2.75, 3.05) is 26.2 Å². The van der Waals surface area contributed by atoms with Gasteiger partial charge in [0.25, 0.3) is 0 Å².